The highest BCUT2D eigenvalue weighted by atomic mass is 16.2. The van der Waals surface area contributed by atoms with Gasteiger partial charge in [0.05, 0.1) is 11.7 Å². The second kappa shape index (κ2) is 2.59. The van der Waals surface area contributed by atoms with Crippen LogP contribution in [0.1, 0.15) is 24.6 Å². The van der Waals surface area contributed by atoms with E-state index in [0.717, 1.165) is 12.8 Å². The summed E-state index contributed by atoms with van der Waals surface area (Å²) in [7, 11) is 0. The van der Waals surface area contributed by atoms with Crippen molar-refractivity contribution in [2.24, 2.45) is 0 Å². The quantitative estimate of drug-likeness (QED) is 0.691. The molecule has 0 unspecified atom stereocenters. The Bertz CT molecular complexity index is 644. The monoisotopic (exact) mass is 206 g/mol. The van der Waals surface area contributed by atoms with Gasteiger partial charge < -0.3 is 0 Å². The minimum Gasteiger partial charge on any atom is -0.292 e. The van der Waals surface area contributed by atoms with Crippen LogP contribution in [0.3, 0.4) is 0 Å². The molecule has 1 aliphatic rings. The third-order valence-corrected chi connectivity index (χ3v) is 2.66. The molecule has 0 amide bonds. The molecule has 0 bridgehead atoms. The number of rotatable bonds is 1. The first-order chi connectivity index (χ1) is 7.16. The number of hydrogen-bond donors (Lipinski definition) is 2. The van der Waals surface area contributed by atoms with Crippen molar-refractivity contribution in [1.82, 2.24) is 19.7 Å². The van der Waals surface area contributed by atoms with Gasteiger partial charge in [-0.3, -0.25) is 14.8 Å². The fourth-order valence-corrected chi connectivity index (χ4v) is 1.83. The summed E-state index contributed by atoms with van der Waals surface area (Å²) in [4.78, 5) is 27.5. The summed E-state index contributed by atoms with van der Waals surface area (Å²) in [5.41, 5.74) is 0.366. The minimum absolute atomic E-state index is 0.346. The minimum atomic E-state index is -0.477. The number of hydrogen-bond acceptors (Lipinski definition) is 3. The SMILES string of the molecule is Cc1nn(C2CC2)c2[nH]c(=O)[nH]c(=O)c12. The molecule has 2 aromatic heterocycles. The second-order valence-electron chi connectivity index (χ2n) is 3.89. The summed E-state index contributed by atoms with van der Waals surface area (Å²) in [5, 5.41) is 4.77. The summed E-state index contributed by atoms with van der Waals surface area (Å²) in [5.74, 6) is 0. The molecule has 2 aromatic rings. The number of nitrogens with one attached hydrogen (secondary N) is 2. The summed E-state index contributed by atoms with van der Waals surface area (Å²) < 4.78 is 1.75. The molecule has 1 saturated carbocycles. The predicted molar refractivity (Wildman–Crippen MR) is 54.0 cm³/mol. The lowest BCUT2D eigenvalue weighted by Crippen LogP contribution is -2.22. The molecule has 0 radical (unpaired) electrons. The molecule has 0 saturated heterocycles. The van der Waals surface area contributed by atoms with Gasteiger partial charge in [0, 0.05) is 0 Å². The van der Waals surface area contributed by atoms with E-state index in [1.165, 1.54) is 0 Å². The van der Waals surface area contributed by atoms with Gasteiger partial charge in [0.2, 0.25) is 0 Å². The van der Waals surface area contributed by atoms with Crippen molar-refractivity contribution in [1.29, 1.82) is 0 Å². The van der Waals surface area contributed by atoms with Crippen LogP contribution in [0.25, 0.3) is 11.0 Å². The molecule has 3 rings (SSSR count). The van der Waals surface area contributed by atoms with Crippen LogP contribution in [0.2, 0.25) is 0 Å². The highest BCUT2D eigenvalue weighted by molar-refractivity contribution is 5.76. The maximum Gasteiger partial charge on any atom is 0.327 e. The van der Waals surface area contributed by atoms with Gasteiger partial charge in [-0.05, 0) is 19.8 Å². The number of aryl methyl sites for hydroxylation is 1. The molecule has 1 aliphatic carbocycles. The van der Waals surface area contributed by atoms with Gasteiger partial charge >= 0.3 is 5.69 Å². The summed E-state index contributed by atoms with van der Waals surface area (Å²) in [6.45, 7) is 1.77. The normalized spacial score (nSPS) is 16.1. The Labute approximate surface area is 83.9 Å². The molecule has 78 valence electrons. The van der Waals surface area contributed by atoms with E-state index in [1.54, 1.807) is 11.6 Å². The van der Waals surface area contributed by atoms with Gasteiger partial charge in [-0.15, -0.1) is 0 Å². The van der Waals surface area contributed by atoms with Crippen LogP contribution in [0, 0.1) is 6.92 Å². The Morgan fingerprint density at radius 3 is 2.73 bits per heavy atom. The predicted octanol–water partition coefficient (Wildman–Crippen LogP) is 0.0562. The van der Waals surface area contributed by atoms with E-state index in [0.29, 0.717) is 22.8 Å². The van der Waals surface area contributed by atoms with Crippen LogP contribution >= 0.6 is 0 Å². The first kappa shape index (κ1) is 8.46. The van der Waals surface area contributed by atoms with Gasteiger partial charge in [0.1, 0.15) is 11.0 Å². The second-order valence-corrected chi connectivity index (χ2v) is 3.89. The van der Waals surface area contributed by atoms with Crippen molar-refractivity contribution in [2.75, 3.05) is 0 Å². The third-order valence-electron chi connectivity index (χ3n) is 2.66. The number of nitrogens with zero attached hydrogens (tertiary/aromatic N) is 2. The first-order valence-corrected chi connectivity index (χ1v) is 4.88. The van der Waals surface area contributed by atoms with E-state index in [2.05, 4.69) is 15.1 Å². The van der Waals surface area contributed by atoms with Crippen LogP contribution in [-0.4, -0.2) is 19.7 Å². The van der Waals surface area contributed by atoms with Crippen LogP contribution in [0.5, 0.6) is 0 Å². The van der Waals surface area contributed by atoms with Gasteiger partial charge in [-0.2, -0.15) is 5.10 Å². The Morgan fingerprint density at radius 2 is 2.07 bits per heavy atom. The Balaban J connectivity index is 2.49. The Hall–Kier alpha value is -1.85. The molecule has 2 heterocycles. The van der Waals surface area contributed by atoms with Crippen molar-refractivity contribution in [3.05, 3.63) is 26.5 Å². The zero-order valence-corrected chi connectivity index (χ0v) is 8.20. The van der Waals surface area contributed by atoms with E-state index < -0.39 is 5.69 Å². The smallest absolute Gasteiger partial charge is 0.292 e. The van der Waals surface area contributed by atoms with E-state index in [1.807, 2.05) is 0 Å². The molecule has 0 spiro atoms. The van der Waals surface area contributed by atoms with Gasteiger partial charge in [-0.1, -0.05) is 0 Å². The van der Waals surface area contributed by atoms with E-state index in [4.69, 9.17) is 0 Å². The molecule has 0 aliphatic heterocycles. The molecular weight excluding hydrogens is 196 g/mol. The first-order valence-electron chi connectivity index (χ1n) is 4.88. The van der Waals surface area contributed by atoms with Crippen molar-refractivity contribution in [2.45, 2.75) is 25.8 Å². The molecule has 6 nitrogen and oxygen atoms in total. The van der Waals surface area contributed by atoms with Crippen molar-refractivity contribution in [3.63, 3.8) is 0 Å². The average Bonchev–Trinajstić information content (AvgIpc) is 2.92. The van der Waals surface area contributed by atoms with Crippen LogP contribution in [0.4, 0.5) is 0 Å². The lowest BCUT2D eigenvalue weighted by molar-refractivity contribution is 0.650. The van der Waals surface area contributed by atoms with Crippen LogP contribution < -0.4 is 11.2 Å². The van der Waals surface area contributed by atoms with Crippen LogP contribution in [-0.2, 0) is 0 Å². The largest absolute Gasteiger partial charge is 0.327 e. The van der Waals surface area contributed by atoms with E-state index in [9.17, 15) is 9.59 Å². The van der Waals surface area contributed by atoms with Gasteiger partial charge in [-0.25, -0.2) is 9.48 Å². The highest BCUT2D eigenvalue weighted by Crippen LogP contribution is 2.35. The topological polar surface area (TPSA) is 83.5 Å². The maximum atomic E-state index is 11.5. The number of fused-ring (bicyclic) bond motifs is 1. The van der Waals surface area contributed by atoms with Crippen molar-refractivity contribution < 1.29 is 0 Å². The standard InChI is InChI=1S/C9H10N4O2/c1-4-6-7(10-9(15)11-8(6)14)13(12-4)5-2-3-5/h5H,2-3H2,1H3,(H2,10,11,14,15). The van der Waals surface area contributed by atoms with Gasteiger partial charge in [0.25, 0.3) is 5.56 Å². The maximum absolute atomic E-state index is 11.5. The van der Waals surface area contributed by atoms with Crippen LogP contribution in [0.15, 0.2) is 9.59 Å². The third kappa shape index (κ3) is 1.14. The van der Waals surface area contributed by atoms with E-state index >= 15 is 0 Å². The molecular formula is C9H10N4O2. The molecule has 15 heavy (non-hydrogen) atoms. The number of aromatic nitrogens is 4. The average molecular weight is 206 g/mol. The summed E-state index contributed by atoms with van der Waals surface area (Å²) >= 11 is 0. The molecule has 1 fully saturated rings. The Morgan fingerprint density at radius 1 is 1.33 bits per heavy atom. The van der Waals surface area contributed by atoms with E-state index in [-0.39, 0.29) is 5.56 Å². The molecule has 0 aromatic carbocycles. The van der Waals surface area contributed by atoms with Crippen molar-refractivity contribution >= 4 is 11.0 Å². The molecule has 2 N–H and O–H groups in total. The number of aromatic amines is 2. The summed E-state index contributed by atoms with van der Waals surface area (Å²) in [6.07, 6.45) is 2.12. The molecule has 6 heteroatoms. The lowest BCUT2D eigenvalue weighted by Gasteiger charge is -1.97. The Kier molecular flexibility index (Phi) is 1.46. The zero-order chi connectivity index (χ0) is 10.6. The fraction of sp³-hybridized carbons (Fsp3) is 0.444. The van der Waals surface area contributed by atoms with Crippen molar-refractivity contribution in [3.8, 4) is 0 Å². The summed E-state index contributed by atoms with van der Waals surface area (Å²) in [6, 6.07) is 0.346. The molecule has 0 atom stereocenters. The lowest BCUT2D eigenvalue weighted by atomic mass is 10.3. The van der Waals surface area contributed by atoms with Gasteiger partial charge in [0.15, 0.2) is 0 Å². The fourth-order valence-electron chi connectivity index (χ4n) is 1.83. The zero-order valence-electron chi connectivity index (χ0n) is 8.20. The number of H-pyrrole nitrogens is 2. The highest BCUT2D eigenvalue weighted by Gasteiger charge is 2.27.